The summed E-state index contributed by atoms with van der Waals surface area (Å²) in [4.78, 5) is 16.0. The second kappa shape index (κ2) is 5.13. The standard InChI is InChI=1S/C15H11FN2O2/c16-13-3-1-2-11(8-13)10-20-15(19)12-4-6-18-7-5-17-14(18)9-12/h1-9H,10H2. The summed E-state index contributed by atoms with van der Waals surface area (Å²) in [6.45, 7) is 0.0379. The second-order valence-corrected chi connectivity index (χ2v) is 4.31. The van der Waals surface area contributed by atoms with E-state index in [1.54, 1.807) is 47.3 Å². The van der Waals surface area contributed by atoms with Crippen LogP contribution in [0.1, 0.15) is 15.9 Å². The van der Waals surface area contributed by atoms with Crippen LogP contribution in [-0.4, -0.2) is 15.4 Å². The van der Waals surface area contributed by atoms with Gasteiger partial charge < -0.3 is 9.14 Å². The van der Waals surface area contributed by atoms with Gasteiger partial charge in [0.2, 0.25) is 0 Å². The molecule has 0 fully saturated rings. The number of fused-ring (bicyclic) bond motifs is 1. The van der Waals surface area contributed by atoms with E-state index in [9.17, 15) is 9.18 Å². The molecular formula is C15H11FN2O2. The van der Waals surface area contributed by atoms with Crippen LogP contribution in [0.25, 0.3) is 5.65 Å². The van der Waals surface area contributed by atoms with E-state index in [1.807, 2.05) is 0 Å². The summed E-state index contributed by atoms with van der Waals surface area (Å²) in [5.74, 6) is -0.808. The van der Waals surface area contributed by atoms with Gasteiger partial charge in [0.05, 0.1) is 5.56 Å². The van der Waals surface area contributed by atoms with Crippen LogP contribution in [0.3, 0.4) is 0 Å². The van der Waals surface area contributed by atoms with E-state index in [0.29, 0.717) is 16.8 Å². The molecule has 0 radical (unpaired) electrons. The molecule has 0 saturated carbocycles. The summed E-state index contributed by atoms with van der Waals surface area (Å²) in [7, 11) is 0. The maximum absolute atomic E-state index is 13.0. The molecule has 0 N–H and O–H groups in total. The van der Waals surface area contributed by atoms with Crippen molar-refractivity contribution < 1.29 is 13.9 Å². The molecule has 0 aliphatic carbocycles. The fourth-order valence-corrected chi connectivity index (χ4v) is 1.90. The highest BCUT2D eigenvalue weighted by molar-refractivity contribution is 5.90. The fourth-order valence-electron chi connectivity index (χ4n) is 1.90. The highest BCUT2D eigenvalue weighted by atomic mass is 19.1. The Hall–Kier alpha value is -2.69. The van der Waals surface area contributed by atoms with Crippen molar-refractivity contribution in [2.45, 2.75) is 6.61 Å². The molecule has 100 valence electrons. The molecule has 20 heavy (non-hydrogen) atoms. The number of pyridine rings is 1. The Bertz CT molecular complexity index is 767. The van der Waals surface area contributed by atoms with Crippen LogP contribution in [0, 0.1) is 5.82 Å². The van der Waals surface area contributed by atoms with Gasteiger partial charge in [-0.1, -0.05) is 12.1 Å². The van der Waals surface area contributed by atoms with Gasteiger partial charge in [-0.2, -0.15) is 0 Å². The number of hydrogen-bond donors (Lipinski definition) is 0. The molecule has 2 aromatic heterocycles. The first-order valence-corrected chi connectivity index (χ1v) is 6.07. The molecule has 2 heterocycles. The summed E-state index contributed by atoms with van der Waals surface area (Å²) < 4.78 is 19.9. The molecule has 0 aliphatic heterocycles. The van der Waals surface area contributed by atoms with Crippen molar-refractivity contribution in [2.24, 2.45) is 0 Å². The summed E-state index contributed by atoms with van der Waals surface area (Å²) in [5.41, 5.74) is 1.70. The quantitative estimate of drug-likeness (QED) is 0.687. The number of nitrogens with zero attached hydrogens (tertiary/aromatic N) is 2. The van der Waals surface area contributed by atoms with Crippen molar-refractivity contribution in [1.29, 1.82) is 0 Å². The van der Waals surface area contributed by atoms with Gasteiger partial charge in [0.15, 0.2) is 0 Å². The smallest absolute Gasteiger partial charge is 0.338 e. The Morgan fingerprint density at radius 3 is 3.00 bits per heavy atom. The Labute approximate surface area is 114 Å². The molecule has 3 aromatic rings. The summed E-state index contributed by atoms with van der Waals surface area (Å²) in [6.07, 6.45) is 5.18. The van der Waals surface area contributed by atoms with Gasteiger partial charge in [-0.25, -0.2) is 14.2 Å². The first-order valence-electron chi connectivity index (χ1n) is 6.07. The average molecular weight is 270 g/mol. The average Bonchev–Trinajstić information content (AvgIpc) is 2.92. The van der Waals surface area contributed by atoms with Crippen LogP contribution in [-0.2, 0) is 11.3 Å². The first-order chi connectivity index (χ1) is 9.72. The highest BCUT2D eigenvalue weighted by Crippen LogP contribution is 2.10. The van der Waals surface area contributed by atoms with Crippen molar-refractivity contribution in [2.75, 3.05) is 0 Å². The van der Waals surface area contributed by atoms with Crippen molar-refractivity contribution in [3.8, 4) is 0 Å². The molecule has 3 rings (SSSR count). The van der Waals surface area contributed by atoms with Crippen LogP contribution in [0.15, 0.2) is 55.0 Å². The summed E-state index contributed by atoms with van der Waals surface area (Å²) in [6, 6.07) is 9.27. The van der Waals surface area contributed by atoms with E-state index in [2.05, 4.69) is 4.98 Å². The molecule has 4 nitrogen and oxygen atoms in total. The van der Waals surface area contributed by atoms with E-state index in [1.165, 1.54) is 12.1 Å². The zero-order chi connectivity index (χ0) is 13.9. The lowest BCUT2D eigenvalue weighted by Gasteiger charge is -2.05. The molecule has 0 bridgehead atoms. The predicted octanol–water partition coefficient (Wildman–Crippen LogP) is 2.83. The number of imidazole rings is 1. The minimum atomic E-state index is -0.459. The molecule has 1 aromatic carbocycles. The number of benzene rings is 1. The van der Waals surface area contributed by atoms with Gasteiger partial charge in [-0.15, -0.1) is 0 Å². The molecule has 0 spiro atoms. The lowest BCUT2D eigenvalue weighted by molar-refractivity contribution is 0.0472. The maximum Gasteiger partial charge on any atom is 0.338 e. The Morgan fingerprint density at radius 1 is 1.25 bits per heavy atom. The Balaban J connectivity index is 1.72. The van der Waals surface area contributed by atoms with Gasteiger partial charge in [0, 0.05) is 18.6 Å². The zero-order valence-electron chi connectivity index (χ0n) is 10.5. The number of aromatic nitrogens is 2. The number of carbonyl (C=O) groups is 1. The molecular weight excluding hydrogens is 259 g/mol. The number of carbonyl (C=O) groups excluding carboxylic acids is 1. The molecule has 0 unspecified atom stereocenters. The van der Waals surface area contributed by atoms with Crippen LogP contribution < -0.4 is 0 Å². The molecule has 0 atom stereocenters. The SMILES string of the molecule is O=C(OCc1cccc(F)c1)c1ccn2ccnc2c1. The first kappa shape index (κ1) is 12.3. The van der Waals surface area contributed by atoms with Crippen LogP contribution >= 0.6 is 0 Å². The van der Waals surface area contributed by atoms with E-state index in [4.69, 9.17) is 4.74 Å². The second-order valence-electron chi connectivity index (χ2n) is 4.31. The molecule has 0 aliphatic rings. The number of esters is 1. The molecule has 0 amide bonds. The number of rotatable bonds is 3. The summed E-state index contributed by atoms with van der Waals surface area (Å²) in [5, 5.41) is 0. The lowest BCUT2D eigenvalue weighted by Crippen LogP contribution is -2.06. The zero-order valence-corrected chi connectivity index (χ0v) is 10.5. The number of halogens is 1. The third-order valence-corrected chi connectivity index (χ3v) is 2.89. The highest BCUT2D eigenvalue weighted by Gasteiger charge is 2.09. The minimum Gasteiger partial charge on any atom is -0.457 e. The van der Waals surface area contributed by atoms with E-state index in [-0.39, 0.29) is 12.4 Å². The van der Waals surface area contributed by atoms with Crippen molar-refractivity contribution in [3.05, 3.63) is 71.9 Å². The summed E-state index contributed by atoms with van der Waals surface area (Å²) >= 11 is 0. The third-order valence-electron chi connectivity index (χ3n) is 2.89. The molecule has 5 heteroatoms. The fraction of sp³-hybridized carbons (Fsp3) is 0.0667. The normalized spacial score (nSPS) is 10.7. The Kier molecular flexibility index (Phi) is 3.16. The van der Waals surface area contributed by atoms with E-state index in [0.717, 1.165) is 0 Å². The lowest BCUT2D eigenvalue weighted by atomic mass is 10.2. The third kappa shape index (κ3) is 2.51. The van der Waals surface area contributed by atoms with Gasteiger partial charge in [0.25, 0.3) is 0 Å². The van der Waals surface area contributed by atoms with Gasteiger partial charge in [-0.05, 0) is 29.8 Å². The number of hydrogen-bond acceptors (Lipinski definition) is 3. The molecule has 0 saturated heterocycles. The largest absolute Gasteiger partial charge is 0.457 e. The van der Waals surface area contributed by atoms with Crippen molar-refractivity contribution in [3.63, 3.8) is 0 Å². The maximum atomic E-state index is 13.0. The van der Waals surface area contributed by atoms with Gasteiger partial charge >= 0.3 is 5.97 Å². The minimum absolute atomic E-state index is 0.0379. The van der Waals surface area contributed by atoms with Crippen molar-refractivity contribution >= 4 is 11.6 Å². The van der Waals surface area contributed by atoms with Gasteiger partial charge in [-0.3, -0.25) is 0 Å². The number of ether oxygens (including phenoxy) is 1. The van der Waals surface area contributed by atoms with E-state index >= 15 is 0 Å². The van der Waals surface area contributed by atoms with Gasteiger partial charge in [0.1, 0.15) is 18.1 Å². The van der Waals surface area contributed by atoms with Crippen LogP contribution in [0.5, 0.6) is 0 Å². The Morgan fingerprint density at radius 2 is 2.15 bits per heavy atom. The van der Waals surface area contributed by atoms with Crippen LogP contribution in [0.4, 0.5) is 4.39 Å². The predicted molar refractivity (Wildman–Crippen MR) is 70.7 cm³/mol. The topological polar surface area (TPSA) is 43.6 Å². The van der Waals surface area contributed by atoms with Crippen LogP contribution in [0.2, 0.25) is 0 Å². The van der Waals surface area contributed by atoms with Crippen molar-refractivity contribution in [1.82, 2.24) is 9.38 Å². The monoisotopic (exact) mass is 270 g/mol. The van der Waals surface area contributed by atoms with E-state index < -0.39 is 5.97 Å².